The van der Waals surface area contributed by atoms with Crippen molar-refractivity contribution in [3.63, 3.8) is 0 Å². The van der Waals surface area contributed by atoms with Gasteiger partial charge in [-0.15, -0.1) is 6.58 Å². The SMILES string of the molecule is C=CCNC(=O)C(=C/N=C)/C(=N\CNc1ccc(N2CCN(C)CC2)cc1)Nc1ccc2c(n1)C(O)(C(C)(F)F)CC2. The molecule has 2 aliphatic rings. The first kappa shape index (κ1) is 30.8. The van der Waals surface area contributed by atoms with Gasteiger partial charge in [0.05, 0.1) is 11.3 Å². The average molecular weight is 581 g/mol. The van der Waals surface area contributed by atoms with Crippen LogP contribution in [0.3, 0.4) is 0 Å². The lowest BCUT2D eigenvalue weighted by atomic mass is 9.94. The Morgan fingerprint density at radius 2 is 1.90 bits per heavy atom. The van der Waals surface area contributed by atoms with E-state index in [2.05, 4.69) is 61.1 Å². The molecular weight excluding hydrogens is 542 g/mol. The van der Waals surface area contributed by atoms with Gasteiger partial charge in [-0.1, -0.05) is 12.1 Å². The standard InChI is InChI=1S/C30H38F2N8O2/c1-5-14-34-28(41)24(19-33-3)27(38-25-11-6-21-12-13-30(42,26(21)37-25)29(2,31)32)36-20-35-22-7-9-23(10-8-22)40-17-15-39(4)16-18-40/h5-11,19,35,42H,1,3,12-18,20H2,2,4H3,(H,34,41)(H,36,37,38)/b24-19+. The van der Waals surface area contributed by atoms with Crippen LogP contribution in [0.4, 0.5) is 26.0 Å². The normalized spacial score (nSPS) is 19.7. The number of carbonyl (C=O) groups excluding carboxylic acids is 1. The van der Waals surface area contributed by atoms with E-state index in [0.717, 1.165) is 37.6 Å². The lowest BCUT2D eigenvalue weighted by molar-refractivity contribution is -0.176. The summed E-state index contributed by atoms with van der Waals surface area (Å²) in [4.78, 5) is 30.2. The van der Waals surface area contributed by atoms with Gasteiger partial charge in [-0.25, -0.2) is 18.8 Å². The van der Waals surface area contributed by atoms with Gasteiger partial charge in [0.25, 0.3) is 11.8 Å². The average Bonchev–Trinajstić information content (AvgIpc) is 3.32. The predicted molar refractivity (Wildman–Crippen MR) is 164 cm³/mol. The first-order valence-corrected chi connectivity index (χ1v) is 13.8. The number of nitrogens with zero attached hydrogens (tertiary/aromatic N) is 5. The van der Waals surface area contributed by atoms with Crippen LogP contribution in [0.25, 0.3) is 0 Å². The molecular formula is C30H38F2N8O2. The molecule has 1 amide bonds. The lowest BCUT2D eigenvalue weighted by Gasteiger charge is -2.34. The minimum atomic E-state index is -3.40. The number of hydrogen-bond donors (Lipinski definition) is 4. The number of nitrogens with one attached hydrogen (secondary N) is 3. The highest BCUT2D eigenvalue weighted by Gasteiger charge is 2.54. The molecule has 1 fully saturated rings. The van der Waals surface area contributed by atoms with Crippen LogP contribution >= 0.6 is 0 Å². The van der Waals surface area contributed by atoms with E-state index >= 15 is 0 Å². The van der Waals surface area contributed by atoms with Crippen LogP contribution in [0, 0.1) is 0 Å². The Bertz CT molecular complexity index is 1350. The van der Waals surface area contributed by atoms with Crippen molar-refractivity contribution in [2.24, 2.45) is 9.98 Å². The number of carbonyl (C=O) groups is 1. The summed E-state index contributed by atoms with van der Waals surface area (Å²) >= 11 is 0. The number of hydrogen-bond acceptors (Lipinski definition) is 8. The van der Waals surface area contributed by atoms with Gasteiger partial charge in [0, 0.05) is 57.2 Å². The Balaban J connectivity index is 1.56. The summed E-state index contributed by atoms with van der Waals surface area (Å²) < 4.78 is 28.7. The molecule has 2 heterocycles. The molecule has 12 heteroatoms. The van der Waals surface area contributed by atoms with Crippen molar-refractivity contribution in [1.82, 2.24) is 15.2 Å². The molecule has 42 heavy (non-hydrogen) atoms. The summed E-state index contributed by atoms with van der Waals surface area (Å²) in [6.07, 6.45) is 2.91. The Hall–Kier alpha value is -4.16. The number of aryl methyl sites for hydroxylation is 1. The maximum atomic E-state index is 14.4. The van der Waals surface area contributed by atoms with Gasteiger partial charge in [0.2, 0.25) is 0 Å². The molecule has 0 bridgehead atoms. The number of piperazine rings is 1. The Kier molecular flexibility index (Phi) is 9.69. The van der Waals surface area contributed by atoms with Crippen molar-refractivity contribution >= 4 is 35.7 Å². The number of halogens is 2. The van der Waals surface area contributed by atoms with Crippen molar-refractivity contribution < 1.29 is 18.7 Å². The van der Waals surface area contributed by atoms with Crippen LogP contribution in [0.5, 0.6) is 0 Å². The van der Waals surface area contributed by atoms with Crippen molar-refractivity contribution in [1.29, 1.82) is 0 Å². The third-order valence-electron chi connectivity index (χ3n) is 7.48. The molecule has 4 N–H and O–H groups in total. The molecule has 1 aliphatic carbocycles. The second kappa shape index (κ2) is 13.2. The number of aliphatic imine (C=N–C) groups is 2. The van der Waals surface area contributed by atoms with Crippen LogP contribution in [0.15, 0.2) is 70.8 Å². The molecule has 1 saturated heterocycles. The Morgan fingerprint density at radius 1 is 1.19 bits per heavy atom. The number of likely N-dealkylation sites (N-methyl/N-ethyl adjacent to an activating group) is 1. The van der Waals surface area contributed by atoms with Gasteiger partial charge in [0.1, 0.15) is 18.3 Å². The molecule has 0 saturated carbocycles. The van der Waals surface area contributed by atoms with E-state index in [1.165, 1.54) is 12.3 Å². The monoisotopic (exact) mass is 580 g/mol. The first-order valence-electron chi connectivity index (χ1n) is 13.8. The predicted octanol–water partition coefficient (Wildman–Crippen LogP) is 3.39. The molecule has 1 unspecified atom stereocenters. The summed E-state index contributed by atoms with van der Waals surface area (Å²) in [7, 11) is 2.12. The summed E-state index contributed by atoms with van der Waals surface area (Å²) in [6, 6.07) is 11.3. The largest absolute Gasteiger partial charge is 0.377 e. The summed E-state index contributed by atoms with van der Waals surface area (Å²) in [6.45, 7) is 12.0. The van der Waals surface area contributed by atoms with Crippen molar-refractivity contribution in [2.45, 2.75) is 31.3 Å². The Morgan fingerprint density at radius 3 is 2.55 bits per heavy atom. The molecule has 0 spiro atoms. The number of benzene rings is 1. The first-order chi connectivity index (χ1) is 20.1. The molecule has 1 aliphatic heterocycles. The van der Waals surface area contributed by atoms with Crippen LogP contribution in [0.1, 0.15) is 24.6 Å². The van der Waals surface area contributed by atoms with E-state index < -0.39 is 17.4 Å². The van der Waals surface area contributed by atoms with E-state index in [4.69, 9.17) is 0 Å². The zero-order valence-electron chi connectivity index (χ0n) is 24.0. The fourth-order valence-corrected chi connectivity index (χ4v) is 4.94. The molecule has 1 aromatic heterocycles. The van der Waals surface area contributed by atoms with Crippen molar-refractivity contribution in [3.8, 4) is 0 Å². The van der Waals surface area contributed by atoms with Gasteiger partial charge in [0.15, 0.2) is 5.60 Å². The number of alkyl halides is 2. The molecule has 10 nitrogen and oxygen atoms in total. The minimum Gasteiger partial charge on any atom is -0.377 e. The fraction of sp³-hybridized carbons (Fsp3) is 0.400. The molecule has 0 radical (unpaired) electrons. The molecule has 224 valence electrons. The summed E-state index contributed by atoms with van der Waals surface area (Å²) in [5, 5.41) is 19.7. The third kappa shape index (κ3) is 7.00. The van der Waals surface area contributed by atoms with Crippen LogP contribution in [0.2, 0.25) is 0 Å². The third-order valence-corrected chi connectivity index (χ3v) is 7.48. The van der Waals surface area contributed by atoms with Gasteiger partial charge >= 0.3 is 0 Å². The topological polar surface area (TPSA) is 117 Å². The zero-order chi connectivity index (χ0) is 30.3. The minimum absolute atomic E-state index is 0.0532. The fourth-order valence-electron chi connectivity index (χ4n) is 4.94. The van der Waals surface area contributed by atoms with E-state index in [9.17, 15) is 18.7 Å². The zero-order valence-corrected chi connectivity index (χ0v) is 24.0. The maximum Gasteiger partial charge on any atom is 0.279 e. The quantitative estimate of drug-likeness (QED) is 0.139. The molecule has 4 rings (SSSR count). The molecule has 2 aromatic rings. The Labute approximate surface area is 244 Å². The summed E-state index contributed by atoms with van der Waals surface area (Å²) in [5.74, 6) is -3.67. The van der Waals surface area contributed by atoms with Crippen molar-refractivity contribution in [3.05, 3.63) is 72.1 Å². The number of anilines is 3. The number of pyridine rings is 1. The van der Waals surface area contributed by atoms with Crippen LogP contribution in [-0.2, 0) is 16.8 Å². The van der Waals surface area contributed by atoms with Gasteiger partial charge in [-0.2, -0.15) is 0 Å². The number of fused-ring (bicyclic) bond motifs is 1. The van der Waals surface area contributed by atoms with E-state index in [1.54, 1.807) is 12.1 Å². The van der Waals surface area contributed by atoms with E-state index in [0.29, 0.717) is 12.5 Å². The van der Waals surface area contributed by atoms with E-state index in [1.807, 2.05) is 24.3 Å². The number of amides is 1. The second-order valence-electron chi connectivity index (χ2n) is 10.5. The number of amidine groups is 1. The molecule has 1 atom stereocenters. The van der Waals surface area contributed by atoms with E-state index in [-0.39, 0.29) is 49.0 Å². The van der Waals surface area contributed by atoms with Gasteiger partial charge in [-0.05, 0) is 62.5 Å². The highest BCUT2D eigenvalue weighted by molar-refractivity contribution is 6.25. The number of rotatable bonds is 11. The highest BCUT2D eigenvalue weighted by atomic mass is 19.3. The van der Waals surface area contributed by atoms with Crippen LogP contribution in [-0.4, -0.2) is 85.8 Å². The van der Waals surface area contributed by atoms with Crippen molar-refractivity contribution in [2.75, 3.05) is 62.0 Å². The maximum absolute atomic E-state index is 14.4. The van der Waals surface area contributed by atoms with Gasteiger partial charge in [-0.3, -0.25) is 9.79 Å². The number of aliphatic hydroxyl groups is 1. The summed E-state index contributed by atoms with van der Waals surface area (Å²) in [5.41, 5.74) is 0.0693. The van der Waals surface area contributed by atoms with Gasteiger partial charge < -0.3 is 30.9 Å². The lowest BCUT2D eigenvalue weighted by Crippen LogP contribution is -2.44. The second-order valence-corrected chi connectivity index (χ2v) is 10.5. The number of aromatic nitrogens is 1. The molecule has 1 aromatic carbocycles. The van der Waals surface area contributed by atoms with Crippen LogP contribution < -0.4 is 20.9 Å². The smallest absolute Gasteiger partial charge is 0.279 e. The highest BCUT2D eigenvalue weighted by Crippen LogP contribution is 2.46.